The van der Waals surface area contributed by atoms with Gasteiger partial charge in [-0.3, -0.25) is 0 Å². The van der Waals surface area contributed by atoms with E-state index in [9.17, 15) is 9.59 Å². The predicted octanol–water partition coefficient (Wildman–Crippen LogP) is 5.18. The van der Waals surface area contributed by atoms with Crippen molar-refractivity contribution in [3.05, 3.63) is 12.2 Å². The van der Waals surface area contributed by atoms with Gasteiger partial charge >= 0.3 is 11.9 Å². The molecule has 0 bridgehead atoms. The standard InChI is InChI=1S/C18H38O2.C4H2O3/c1-2-3-4-5-6-7-8-9-10-11-12-13-14-15-16-17-18(19)20;5-3-1-2-4(6)7-3/h18-20H,2-17H2,1H3;1-2H. The van der Waals surface area contributed by atoms with Crippen molar-refractivity contribution >= 4 is 11.9 Å². The molecule has 0 aromatic carbocycles. The van der Waals surface area contributed by atoms with E-state index in [-0.39, 0.29) is 0 Å². The van der Waals surface area contributed by atoms with Crippen LogP contribution in [0.15, 0.2) is 12.2 Å². The van der Waals surface area contributed by atoms with Crippen LogP contribution in [-0.4, -0.2) is 28.4 Å². The van der Waals surface area contributed by atoms with E-state index in [0.29, 0.717) is 6.42 Å². The Bertz CT molecular complexity index is 374. The molecule has 1 rings (SSSR count). The zero-order valence-electron chi connectivity index (χ0n) is 17.2. The van der Waals surface area contributed by atoms with Crippen molar-refractivity contribution in [1.82, 2.24) is 0 Å². The second-order valence-corrected chi connectivity index (χ2v) is 7.29. The fourth-order valence-electron chi connectivity index (χ4n) is 3.00. The highest BCUT2D eigenvalue weighted by atomic mass is 16.6. The molecule has 0 aromatic rings. The van der Waals surface area contributed by atoms with E-state index in [4.69, 9.17) is 10.2 Å². The monoisotopic (exact) mass is 384 g/mol. The van der Waals surface area contributed by atoms with Crippen molar-refractivity contribution in [1.29, 1.82) is 0 Å². The van der Waals surface area contributed by atoms with Crippen molar-refractivity contribution in [2.24, 2.45) is 0 Å². The number of aliphatic hydroxyl groups is 2. The Labute approximate surface area is 165 Å². The van der Waals surface area contributed by atoms with Crippen LogP contribution in [0, 0.1) is 0 Å². The maximum Gasteiger partial charge on any atom is 0.338 e. The molecule has 0 atom stereocenters. The Hall–Kier alpha value is -1.20. The van der Waals surface area contributed by atoms with Gasteiger partial charge in [-0.25, -0.2) is 9.59 Å². The van der Waals surface area contributed by atoms with Gasteiger partial charge < -0.3 is 14.9 Å². The SMILES string of the molecule is CCCCCCCCCCCCCCCCCC(O)O.O=C1C=CC(=O)O1. The Kier molecular flexibility index (Phi) is 18.7. The molecule has 1 aliphatic heterocycles. The van der Waals surface area contributed by atoms with E-state index in [1.54, 1.807) is 0 Å². The third kappa shape index (κ3) is 21.0. The molecular weight excluding hydrogens is 344 g/mol. The number of carbonyl (C=O) groups is 2. The van der Waals surface area contributed by atoms with Crippen LogP contribution in [0.2, 0.25) is 0 Å². The Morgan fingerprint density at radius 2 is 1.00 bits per heavy atom. The molecule has 0 aromatic heterocycles. The highest BCUT2D eigenvalue weighted by molar-refractivity contribution is 6.04. The highest BCUT2D eigenvalue weighted by Crippen LogP contribution is 2.13. The quantitative estimate of drug-likeness (QED) is 0.166. The van der Waals surface area contributed by atoms with Crippen LogP contribution in [0.4, 0.5) is 0 Å². The first kappa shape index (κ1) is 25.8. The van der Waals surface area contributed by atoms with Gasteiger partial charge in [0.15, 0.2) is 6.29 Å². The summed E-state index contributed by atoms with van der Waals surface area (Å²) in [5.74, 6) is -1.16. The van der Waals surface area contributed by atoms with Crippen molar-refractivity contribution in [2.75, 3.05) is 0 Å². The van der Waals surface area contributed by atoms with Gasteiger partial charge in [-0.05, 0) is 12.8 Å². The predicted molar refractivity (Wildman–Crippen MR) is 108 cm³/mol. The summed E-state index contributed by atoms with van der Waals surface area (Å²) in [5.41, 5.74) is 0. The molecular formula is C22H40O5. The summed E-state index contributed by atoms with van der Waals surface area (Å²) in [6, 6.07) is 0. The summed E-state index contributed by atoms with van der Waals surface area (Å²) >= 11 is 0. The lowest BCUT2D eigenvalue weighted by atomic mass is 10.0. The van der Waals surface area contributed by atoms with Gasteiger partial charge in [0.1, 0.15) is 0 Å². The Morgan fingerprint density at radius 1 is 0.667 bits per heavy atom. The third-order valence-corrected chi connectivity index (χ3v) is 4.62. The van der Waals surface area contributed by atoms with Crippen molar-refractivity contribution < 1.29 is 24.5 Å². The largest absolute Gasteiger partial charge is 0.387 e. The van der Waals surface area contributed by atoms with E-state index < -0.39 is 18.2 Å². The first-order chi connectivity index (χ1) is 13.1. The van der Waals surface area contributed by atoms with E-state index in [1.165, 1.54) is 83.5 Å². The number of hydrogen-bond donors (Lipinski definition) is 2. The highest BCUT2D eigenvalue weighted by Gasteiger charge is 2.10. The molecule has 5 heteroatoms. The first-order valence-corrected chi connectivity index (χ1v) is 10.9. The van der Waals surface area contributed by atoms with Crippen molar-refractivity contribution in [3.63, 3.8) is 0 Å². The molecule has 158 valence electrons. The second-order valence-electron chi connectivity index (χ2n) is 7.29. The molecule has 0 radical (unpaired) electrons. The minimum Gasteiger partial charge on any atom is -0.387 e. The van der Waals surface area contributed by atoms with Gasteiger partial charge in [0.25, 0.3) is 0 Å². The van der Waals surface area contributed by atoms with Crippen LogP contribution in [0.3, 0.4) is 0 Å². The summed E-state index contributed by atoms with van der Waals surface area (Å²) in [6.45, 7) is 2.27. The third-order valence-electron chi connectivity index (χ3n) is 4.62. The fourth-order valence-corrected chi connectivity index (χ4v) is 3.00. The van der Waals surface area contributed by atoms with Gasteiger partial charge in [-0.15, -0.1) is 0 Å². The lowest BCUT2D eigenvalue weighted by Crippen LogP contribution is -2.02. The minimum absolute atomic E-state index is 0.540. The molecule has 2 N–H and O–H groups in total. The maximum absolute atomic E-state index is 9.92. The molecule has 0 saturated heterocycles. The van der Waals surface area contributed by atoms with Gasteiger partial charge in [0.05, 0.1) is 0 Å². The van der Waals surface area contributed by atoms with E-state index in [0.717, 1.165) is 25.0 Å². The van der Waals surface area contributed by atoms with E-state index >= 15 is 0 Å². The number of ether oxygens (including phenoxy) is 1. The van der Waals surface area contributed by atoms with E-state index in [2.05, 4.69) is 11.7 Å². The zero-order valence-corrected chi connectivity index (χ0v) is 17.2. The molecule has 0 amide bonds. The average Bonchev–Trinajstić information content (AvgIpc) is 3.01. The molecule has 0 aliphatic carbocycles. The minimum atomic E-state index is -1.10. The molecule has 0 saturated carbocycles. The number of carbonyl (C=O) groups excluding carboxylic acids is 2. The number of hydrogen-bond acceptors (Lipinski definition) is 5. The van der Waals surface area contributed by atoms with Crippen LogP contribution in [0.1, 0.15) is 110 Å². The van der Waals surface area contributed by atoms with Crippen LogP contribution >= 0.6 is 0 Å². The van der Waals surface area contributed by atoms with Crippen LogP contribution in [0.5, 0.6) is 0 Å². The number of rotatable bonds is 16. The number of cyclic esters (lactones) is 2. The Balaban J connectivity index is 0.000000797. The molecule has 27 heavy (non-hydrogen) atoms. The summed E-state index contributed by atoms with van der Waals surface area (Å²) in [4.78, 5) is 19.8. The van der Waals surface area contributed by atoms with Crippen LogP contribution in [-0.2, 0) is 14.3 Å². The molecule has 0 fully saturated rings. The Morgan fingerprint density at radius 3 is 1.26 bits per heavy atom. The number of esters is 2. The zero-order chi connectivity index (χ0) is 20.2. The number of unbranched alkanes of at least 4 members (excludes halogenated alkanes) is 14. The average molecular weight is 385 g/mol. The summed E-state index contributed by atoms with van der Waals surface area (Å²) in [7, 11) is 0. The summed E-state index contributed by atoms with van der Waals surface area (Å²) in [5, 5.41) is 17.4. The smallest absolute Gasteiger partial charge is 0.338 e. The molecule has 1 heterocycles. The van der Waals surface area contributed by atoms with Crippen molar-refractivity contribution in [3.8, 4) is 0 Å². The molecule has 0 unspecified atom stereocenters. The van der Waals surface area contributed by atoms with Crippen molar-refractivity contribution in [2.45, 2.75) is 116 Å². The lowest BCUT2D eigenvalue weighted by Gasteiger charge is -2.04. The van der Waals surface area contributed by atoms with Gasteiger partial charge in [-0.2, -0.15) is 0 Å². The molecule has 1 aliphatic rings. The normalized spacial score (nSPS) is 13.0. The first-order valence-electron chi connectivity index (χ1n) is 10.9. The second kappa shape index (κ2) is 19.6. The molecule has 0 spiro atoms. The topological polar surface area (TPSA) is 83.8 Å². The van der Waals surface area contributed by atoms with E-state index in [1.807, 2.05) is 0 Å². The summed E-state index contributed by atoms with van der Waals surface area (Å²) < 4.78 is 3.97. The van der Waals surface area contributed by atoms with Crippen LogP contribution < -0.4 is 0 Å². The molecule has 5 nitrogen and oxygen atoms in total. The van der Waals surface area contributed by atoms with Gasteiger partial charge in [0, 0.05) is 12.2 Å². The maximum atomic E-state index is 9.92. The van der Waals surface area contributed by atoms with Gasteiger partial charge in [0.2, 0.25) is 0 Å². The lowest BCUT2D eigenvalue weighted by molar-refractivity contribution is -0.150. The van der Waals surface area contributed by atoms with Gasteiger partial charge in [-0.1, -0.05) is 96.8 Å². The fraction of sp³-hybridized carbons (Fsp3) is 0.818. The van der Waals surface area contributed by atoms with Crippen LogP contribution in [0.25, 0.3) is 0 Å². The number of aliphatic hydroxyl groups excluding tert-OH is 1. The summed E-state index contributed by atoms with van der Waals surface area (Å²) in [6.07, 6.45) is 21.8.